The minimum absolute atomic E-state index is 0.179. The molecule has 18 heavy (non-hydrogen) atoms. The van der Waals surface area contributed by atoms with Crippen LogP contribution in [0, 0.1) is 11.3 Å². The van der Waals surface area contributed by atoms with Crippen LogP contribution in [0.4, 0.5) is 0 Å². The zero-order valence-electron chi connectivity index (χ0n) is 10.3. The first-order valence-corrected chi connectivity index (χ1v) is 6.32. The van der Waals surface area contributed by atoms with E-state index in [0.29, 0.717) is 24.2 Å². The standard InChI is InChI=1S/C13H14BrNO3/c1-17-12-6-4-9(3-5-10(14)8-15)7-11(12)13(16)18-2/h4,6-7,10H,3,5H2,1-2H3. The zero-order chi connectivity index (χ0) is 13.5. The summed E-state index contributed by atoms with van der Waals surface area (Å²) in [4.78, 5) is 11.4. The fraction of sp³-hybridized carbons (Fsp3) is 0.385. The van der Waals surface area contributed by atoms with E-state index in [9.17, 15) is 4.79 Å². The number of methoxy groups -OCH3 is 2. The minimum Gasteiger partial charge on any atom is -0.496 e. The lowest BCUT2D eigenvalue weighted by Gasteiger charge is -2.09. The molecule has 0 radical (unpaired) electrons. The number of nitriles is 1. The third-order valence-electron chi connectivity index (χ3n) is 2.50. The van der Waals surface area contributed by atoms with Crippen molar-refractivity contribution in [3.8, 4) is 11.8 Å². The molecule has 0 aliphatic carbocycles. The van der Waals surface area contributed by atoms with Crippen molar-refractivity contribution in [3.63, 3.8) is 0 Å². The average molecular weight is 312 g/mol. The summed E-state index contributed by atoms with van der Waals surface area (Å²) in [6, 6.07) is 7.46. The second-order valence-electron chi connectivity index (χ2n) is 3.66. The van der Waals surface area contributed by atoms with Gasteiger partial charge in [0.1, 0.15) is 16.1 Å². The predicted octanol–water partition coefficient (Wildman–Crippen LogP) is 2.70. The fourth-order valence-electron chi connectivity index (χ4n) is 1.54. The van der Waals surface area contributed by atoms with E-state index in [4.69, 9.17) is 14.7 Å². The lowest BCUT2D eigenvalue weighted by atomic mass is 10.0. The van der Waals surface area contributed by atoms with Gasteiger partial charge in [-0.1, -0.05) is 22.0 Å². The van der Waals surface area contributed by atoms with Crippen molar-refractivity contribution in [1.29, 1.82) is 5.26 Å². The van der Waals surface area contributed by atoms with Crippen LogP contribution >= 0.6 is 15.9 Å². The predicted molar refractivity (Wildman–Crippen MR) is 71.0 cm³/mol. The molecular formula is C13H14BrNO3. The third-order valence-corrected chi connectivity index (χ3v) is 3.16. The first-order valence-electron chi connectivity index (χ1n) is 5.41. The molecule has 0 aliphatic heterocycles. The van der Waals surface area contributed by atoms with Crippen LogP contribution in [0.15, 0.2) is 18.2 Å². The number of ether oxygens (including phenoxy) is 2. The molecule has 0 saturated carbocycles. The highest BCUT2D eigenvalue weighted by atomic mass is 79.9. The minimum atomic E-state index is -0.427. The van der Waals surface area contributed by atoms with Gasteiger partial charge in [-0.2, -0.15) is 5.26 Å². The van der Waals surface area contributed by atoms with Gasteiger partial charge in [0, 0.05) is 0 Å². The van der Waals surface area contributed by atoms with Crippen LogP contribution in [0.1, 0.15) is 22.3 Å². The smallest absolute Gasteiger partial charge is 0.341 e. The number of hydrogen-bond donors (Lipinski definition) is 0. The molecule has 96 valence electrons. The first kappa shape index (κ1) is 14.5. The first-order chi connectivity index (χ1) is 8.62. The topological polar surface area (TPSA) is 59.3 Å². The van der Waals surface area contributed by atoms with Gasteiger partial charge in [-0.3, -0.25) is 0 Å². The van der Waals surface area contributed by atoms with Crippen molar-refractivity contribution in [2.45, 2.75) is 17.7 Å². The molecule has 0 amide bonds. The maximum absolute atomic E-state index is 11.6. The van der Waals surface area contributed by atoms with Crippen molar-refractivity contribution in [3.05, 3.63) is 29.3 Å². The Hall–Kier alpha value is -1.54. The van der Waals surface area contributed by atoms with Gasteiger partial charge in [0.25, 0.3) is 0 Å². The molecule has 1 atom stereocenters. The summed E-state index contributed by atoms with van der Waals surface area (Å²) in [5.41, 5.74) is 1.37. The number of halogens is 1. The Balaban J connectivity index is 2.90. The van der Waals surface area contributed by atoms with Gasteiger partial charge in [0.15, 0.2) is 0 Å². The Labute approximate surface area is 115 Å². The largest absolute Gasteiger partial charge is 0.496 e. The number of rotatable bonds is 5. The Bertz CT molecular complexity index is 468. The molecule has 0 fully saturated rings. The highest BCUT2D eigenvalue weighted by molar-refractivity contribution is 9.09. The number of carbonyl (C=O) groups excluding carboxylic acids is 1. The third kappa shape index (κ3) is 3.74. The van der Waals surface area contributed by atoms with Crippen molar-refractivity contribution in [1.82, 2.24) is 0 Å². The number of alkyl halides is 1. The molecule has 1 aromatic carbocycles. The maximum Gasteiger partial charge on any atom is 0.341 e. The summed E-state index contributed by atoms with van der Waals surface area (Å²) in [6.07, 6.45) is 1.39. The fourth-order valence-corrected chi connectivity index (χ4v) is 1.77. The normalized spacial score (nSPS) is 11.4. The lowest BCUT2D eigenvalue weighted by molar-refractivity contribution is 0.0597. The number of benzene rings is 1. The highest BCUT2D eigenvalue weighted by Crippen LogP contribution is 2.22. The number of esters is 1. The SMILES string of the molecule is COC(=O)c1cc(CCC(Br)C#N)ccc1OC. The molecule has 4 nitrogen and oxygen atoms in total. The number of hydrogen-bond acceptors (Lipinski definition) is 4. The average Bonchev–Trinajstić information content (AvgIpc) is 2.43. The van der Waals surface area contributed by atoms with E-state index in [1.165, 1.54) is 14.2 Å². The molecule has 0 heterocycles. The van der Waals surface area contributed by atoms with E-state index in [1.807, 2.05) is 6.07 Å². The van der Waals surface area contributed by atoms with Crippen molar-refractivity contribution in [2.24, 2.45) is 0 Å². The van der Waals surface area contributed by atoms with E-state index in [2.05, 4.69) is 22.0 Å². The van der Waals surface area contributed by atoms with Crippen molar-refractivity contribution in [2.75, 3.05) is 14.2 Å². The number of carbonyl (C=O) groups is 1. The summed E-state index contributed by atoms with van der Waals surface area (Å²) in [6.45, 7) is 0. The molecule has 0 bridgehead atoms. The van der Waals surface area contributed by atoms with Crippen molar-refractivity contribution < 1.29 is 14.3 Å². The van der Waals surface area contributed by atoms with Crippen LogP contribution in [-0.4, -0.2) is 25.0 Å². The van der Waals surface area contributed by atoms with Gasteiger partial charge in [-0.05, 0) is 30.5 Å². The molecule has 0 saturated heterocycles. The summed E-state index contributed by atoms with van der Waals surface area (Å²) in [5.74, 6) is 0.0608. The summed E-state index contributed by atoms with van der Waals surface area (Å²) >= 11 is 3.25. The van der Waals surface area contributed by atoms with Gasteiger partial charge < -0.3 is 9.47 Å². The van der Waals surface area contributed by atoms with Crippen LogP contribution < -0.4 is 4.74 Å². The Morgan fingerprint density at radius 3 is 2.78 bits per heavy atom. The van der Waals surface area contributed by atoms with Crippen LogP contribution in [0.2, 0.25) is 0 Å². The molecule has 0 aromatic heterocycles. The molecule has 1 unspecified atom stereocenters. The van der Waals surface area contributed by atoms with Crippen LogP contribution in [0.25, 0.3) is 0 Å². The van der Waals surface area contributed by atoms with E-state index in [-0.39, 0.29) is 4.83 Å². The summed E-state index contributed by atoms with van der Waals surface area (Å²) in [7, 11) is 2.84. The van der Waals surface area contributed by atoms with Crippen LogP contribution in [-0.2, 0) is 11.2 Å². The Kier molecular flexibility index (Phi) is 5.66. The second kappa shape index (κ2) is 7.02. The molecule has 1 rings (SSSR count). The summed E-state index contributed by atoms with van der Waals surface area (Å²) in [5, 5.41) is 8.68. The Morgan fingerprint density at radius 1 is 1.50 bits per heavy atom. The maximum atomic E-state index is 11.6. The van der Waals surface area contributed by atoms with Crippen LogP contribution in [0.5, 0.6) is 5.75 Å². The number of aryl methyl sites for hydroxylation is 1. The lowest BCUT2D eigenvalue weighted by Crippen LogP contribution is -2.05. The summed E-state index contributed by atoms with van der Waals surface area (Å²) < 4.78 is 9.81. The van der Waals surface area contributed by atoms with Gasteiger partial charge in [0.05, 0.1) is 20.3 Å². The van der Waals surface area contributed by atoms with Gasteiger partial charge in [-0.15, -0.1) is 0 Å². The van der Waals surface area contributed by atoms with E-state index >= 15 is 0 Å². The molecule has 0 aliphatic rings. The van der Waals surface area contributed by atoms with Gasteiger partial charge >= 0.3 is 5.97 Å². The Morgan fingerprint density at radius 2 is 2.22 bits per heavy atom. The van der Waals surface area contributed by atoms with E-state index in [0.717, 1.165) is 5.56 Å². The van der Waals surface area contributed by atoms with Crippen molar-refractivity contribution >= 4 is 21.9 Å². The van der Waals surface area contributed by atoms with E-state index in [1.54, 1.807) is 12.1 Å². The van der Waals surface area contributed by atoms with E-state index < -0.39 is 5.97 Å². The molecule has 0 spiro atoms. The van der Waals surface area contributed by atoms with Gasteiger partial charge in [0.2, 0.25) is 0 Å². The van der Waals surface area contributed by atoms with Crippen LogP contribution in [0.3, 0.4) is 0 Å². The second-order valence-corrected chi connectivity index (χ2v) is 4.77. The number of nitrogens with zero attached hydrogens (tertiary/aromatic N) is 1. The molecule has 0 N–H and O–H groups in total. The highest BCUT2D eigenvalue weighted by Gasteiger charge is 2.13. The zero-order valence-corrected chi connectivity index (χ0v) is 11.9. The molecule has 5 heteroatoms. The monoisotopic (exact) mass is 311 g/mol. The molecule has 1 aromatic rings. The quantitative estimate of drug-likeness (QED) is 0.619. The van der Waals surface area contributed by atoms with Gasteiger partial charge in [-0.25, -0.2) is 4.79 Å². The molecular weight excluding hydrogens is 298 g/mol.